The van der Waals surface area contributed by atoms with Crippen molar-refractivity contribution in [1.82, 2.24) is 14.8 Å². The number of nitrogens with zero attached hydrogens (tertiary/aromatic N) is 3. The zero-order chi connectivity index (χ0) is 25.1. The number of nitrogens with one attached hydrogen (secondary N) is 1. The largest absolute Gasteiger partial charge is 0.504 e. The van der Waals surface area contributed by atoms with Crippen molar-refractivity contribution < 1.29 is 28.1 Å². The van der Waals surface area contributed by atoms with Gasteiger partial charge in [-0.15, -0.1) is 0 Å². The van der Waals surface area contributed by atoms with E-state index in [-0.39, 0.29) is 32.8 Å². The molecule has 0 aliphatic heterocycles. The Morgan fingerprint density at radius 2 is 1.91 bits per heavy atom. The van der Waals surface area contributed by atoms with Crippen molar-refractivity contribution in [3.63, 3.8) is 0 Å². The molecule has 182 valence electrons. The summed E-state index contributed by atoms with van der Waals surface area (Å²) in [5.41, 5.74) is -0.449. The van der Waals surface area contributed by atoms with Crippen molar-refractivity contribution in [2.24, 2.45) is 16.3 Å². The standard InChI is InChI=1S/C21H31N5O6S/c1-13-11-12-16(31-13)19(21(3,4)5)23-14(2)20(26(28)32-22)24-15-9-8-10-17(18(15)27)33(29,30)25(6)7/h8-12,19,23,27-28H,2,22H2,1,3-7H3/t19-/m0/s1. The van der Waals surface area contributed by atoms with Gasteiger partial charge >= 0.3 is 0 Å². The monoisotopic (exact) mass is 481 g/mol. The molecule has 0 aliphatic rings. The second-order valence-corrected chi connectivity index (χ2v) is 10.7. The van der Waals surface area contributed by atoms with Crippen LogP contribution in [0.25, 0.3) is 0 Å². The van der Waals surface area contributed by atoms with E-state index in [1.54, 1.807) is 0 Å². The van der Waals surface area contributed by atoms with Crippen molar-refractivity contribution >= 4 is 21.5 Å². The summed E-state index contributed by atoms with van der Waals surface area (Å²) < 4.78 is 31.7. The Morgan fingerprint density at radius 3 is 2.39 bits per heavy atom. The number of aryl methyl sites for hydroxylation is 1. The third-order valence-corrected chi connectivity index (χ3v) is 6.59. The Labute approximate surface area is 193 Å². The van der Waals surface area contributed by atoms with Gasteiger partial charge in [0.1, 0.15) is 22.1 Å². The number of aromatic hydroxyl groups is 1. The van der Waals surface area contributed by atoms with Gasteiger partial charge in [0.2, 0.25) is 15.9 Å². The maximum absolute atomic E-state index is 12.5. The van der Waals surface area contributed by atoms with Gasteiger partial charge in [-0.3, -0.25) is 5.21 Å². The third-order valence-electron chi connectivity index (χ3n) is 4.74. The van der Waals surface area contributed by atoms with Crippen LogP contribution >= 0.6 is 0 Å². The molecule has 1 aromatic heterocycles. The molecule has 33 heavy (non-hydrogen) atoms. The van der Waals surface area contributed by atoms with E-state index in [9.17, 15) is 18.7 Å². The maximum atomic E-state index is 12.5. The Kier molecular flexibility index (Phi) is 7.93. The van der Waals surface area contributed by atoms with Crippen LogP contribution in [-0.4, -0.2) is 48.2 Å². The fraction of sp³-hybridized carbons (Fsp3) is 0.381. The molecule has 0 unspecified atom stereocenters. The molecule has 12 heteroatoms. The molecular formula is C21H31N5O6S. The number of furan rings is 1. The molecule has 11 nitrogen and oxygen atoms in total. The van der Waals surface area contributed by atoms with Crippen LogP contribution in [-0.2, 0) is 15.0 Å². The molecular weight excluding hydrogens is 450 g/mol. The number of phenols is 1. The normalized spacial score (nSPS) is 13.8. The Bertz CT molecular complexity index is 1130. The predicted molar refractivity (Wildman–Crippen MR) is 123 cm³/mol. The second-order valence-electron chi connectivity index (χ2n) is 8.60. The highest BCUT2D eigenvalue weighted by Crippen LogP contribution is 2.36. The quantitative estimate of drug-likeness (QED) is 0.253. The van der Waals surface area contributed by atoms with E-state index < -0.39 is 21.8 Å². The van der Waals surface area contributed by atoms with Gasteiger partial charge in [0.05, 0.1) is 11.7 Å². The van der Waals surface area contributed by atoms with Crippen LogP contribution in [0, 0.1) is 12.3 Å². The molecule has 0 saturated heterocycles. The number of sulfonamides is 1. The number of nitrogens with two attached hydrogens (primary N) is 1. The van der Waals surface area contributed by atoms with E-state index in [1.165, 1.54) is 32.3 Å². The lowest BCUT2D eigenvalue weighted by molar-refractivity contribution is -0.288. The minimum atomic E-state index is -3.95. The number of hydrogen-bond acceptors (Lipinski definition) is 9. The highest BCUT2D eigenvalue weighted by Gasteiger charge is 2.31. The van der Waals surface area contributed by atoms with Crippen LogP contribution in [0.3, 0.4) is 0 Å². The maximum Gasteiger partial charge on any atom is 0.246 e. The lowest BCUT2D eigenvalue weighted by atomic mass is 9.85. The van der Waals surface area contributed by atoms with Gasteiger partial charge in [0.15, 0.2) is 5.75 Å². The summed E-state index contributed by atoms with van der Waals surface area (Å²) >= 11 is 0. The Hall–Kier alpha value is -2.90. The highest BCUT2D eigenvalue weighted by molar-refractivity contribution is 7.89. The lowest BCUT2D eigenvalue weighted by Gasteiger charge is -2.32. The summed E-state index contributed by atoms with van der Waals surface area (Å²) in [4.78, 5) is 8.18. The number of aliphatic imine (C=N–C) groups is 1. The average molecular weight is 482 g/mol. The van der Waals surface area contributed by atoms with Crippen molar-refractivity contribution in [2.45, 2.75) is 38.6 Å². The molecule has 1 aromatic carbocycles. The number of amidine groups is 1. The van der Waals surface area contributed by atoms with E-state index in [4.69, 9.17) is 10.3 Å². The first-order valence-corrected chi connectivity index (χ1v) is 11.3. The molecule has 0 fully saturated rings. The summed E-state index contributed by atoms with van der Waals surface area (Å²) in [5.74, 6) is 5.53. The van der Waals surface area contributed by atoms with Crippen LogP contribution in [0.1, 0.15) is 38.3 Å². The number of phenolic OH excluding ortho intramolecular Hbond substituents is 1. The minimum Gasteiger partial charge on any atom is -0.504 e. The lowest BCUT2D eigenvalue weighted by Crippen LogP contribution is -2.39. The molecule has 2 rings (SSSR count). The fourth-order valence-electron chi connectivity index (χ4n) is 2.96. The summed E-state index contributed by atoms with van der Waals surface area (Å²) in [6.45, 7) is 11.7. The summed E-state index contributed by atoms with van der Waals surface area (Å²) in [7, 11) is -1.28. The minimum absolute atomic E-state index is 0.0668. The van der Waals surface area contributed by atoms with Crippen molar-refractivity contribution in [2.75, 3.05) is 14.1 Å². The van der Waals surface area contributed by atoms with Gasteiger partial charge in [-0.05, 0) is 36.6 Å². The van der Waals surface area contributed by atoms with Crippen LogP contribution in [0.4, 0.5) is 5.69 Å². The Balaban J connectivity index is 2.53. The summed E-state index contributed by atoms with van der Waals surface area (Å²) in [6, 6.07) is 7.24. The van der Waals surface area contributed by atoms with E-state index >= 15 is 0 Å². The van der Waals surface area contributed by atoms with Gasteiger partial charge in [-0.25, -0.2) is 17.7 Å². The molecule has 0 bridgehead atoms. The van der Waals surface area contributed by atoms with Gasteiger partial charge in [0, 0.05) is 14.1 Å². The molecule has 0 radical (unpaired) electrons. The topological polar surface area (TPSA) is 154 Å². The number of hydrogen-bond donors (Lipinski definition) is 4. The van der Waals surface area contributed by atoms with E-state index in [0.717, 1.165) is 10.1 Å². The van der Waals surface area contributed by atoms with Crippen molar-refractivity contribution in [3.8, 4) is 5.75 Å². The van der Waals surface area contributed by atoms with E-state index in [1.807, 2.05) is 39.8 Å². The molecule has 1 atom stereocenters. The van der Waals surface area contributed by atoms with Crippen molar-refractivity contribution in [1.29, 1.82) is 0 Å². The number of rotatable bonds is 8. The molecule has 0 amide bonds. The van der Waals surface area contributed by atoms with Crippen molar-refractivity contribution in [3.05, 3.63) is 54.1 Å². The summed E-state index contributed by atoms with van der Waals surface area (Å²) in [5, 5.41) is 24.1. The zero-order valence-corrected chi connectivity index (χ0v) is 20.3. The smallest absolute Gasteiger partial charge is 0.246 e. The van der Waals surface area contributed by atoms with Gasteiger partial charge in [-0.2, -0.15) is 10.8 Å². The first kappa shape index (κ1) is 26.4. The zero-order valence-electron chi connectivity index (χ0n) is 19.5. The SMILES string of the molecule is C=C(N[C@@H](c1ccc(C)o1)C(C)(C)C)C(=Nc1cccc(S(=O)(=O)N(C)C)c1O)N(O)ON. The highest BCUT2D eigenvalue weighted by atomic mass is 32.2. The fourth-order valence-corrected chi connectivity index (χ4v) is 3.95. The van der Waals surface area contributed by atoms with Crippen LogP contribution in [0.5, 0.6) is 5.75 Å². The van der Waals surface area contributed by atoms with Crippen LogP contribution in [0.2, 0.25) is 0 Å². The molecule has 2 aromatic rings. The number of benzene rings is 1. The first-order valence-electron chi connectivity index (χ1n) is 9.91. The van der Waals surface area contributed by atoms with E-state index in [0.29, 0.717) is 5.76 Å². The second kappa shape index (κ2) is 9.93. The molecule has 5 N–H and O–H groups in total. The molecule has 0 spiro atoms. The number of hydroxylamine groups is 2. The first-order chi connectivity index (χ1) is 15.2. The Morgan fingerprint density at radius 1 is 1.27 bits per heavy atom. The van der Waals surface area contributed by atoms with Gasteiger partial charge in [0.25, 0.3) is 0 Å². The van der Waals surface area contributed by atoms with Crippen LogP contribution in [0.15, 0.2) is 56.9 Å². The summed E-state index contributed by atoms with van der Waals surface area (Å²) in [6.07, 6.45) is 0. The van der Waals surface area contributed by atoms with Gasteiger partial charge < -0.3 is 14.8 Å². The van der Waals surface area contributed by atoms with Gasteiger partial charge in [-0.1, -0.05) is 38.6 Å². The average Bonchev–Trinajstić information content (AvgIpc) is 3.15. The van der Waals surface area contributed by atoms with Crippen LogP contribution < -0.4 is 11.2 Å². The molecule has 0 saturated carbocycles. The van der Waals surface area contributed by atoms with E-state index in [2.05, 4.69) is 21.8 Å². The molecule has 1 heterocycles. The third kappa shape index (κ3) is 5.92. The molecule has 0 aliphatic carbocycles. The predicted octanol–water partition coefficient (Wildman–Crippen LogP) is 2.96. The number of para-hydroxylation sites is 1.